The Labute approximate surface area is 119 Å². The lowest BCUT2D eigenvalue weighted by molar-refractivity contribution is 0.393. The van der Waals surface area contributed by atoms with Gasteiger partial charge in [-0.05, 0) is 24.3 Å². The Morgan fingerprint density at radius 3 is 2.10 bits per heavy atom. The summed E-state index contributed by atoms with van der Waals surface area (Å²) in [7, 11) is 4.88. The highest BCUT2D eigenvalue weighted by Gasteiger charge is 2.18. The van der Waals surface area contributed by atoms with Crippen molar-refractivity contribution in [1.82, 2.24) is 0 Å². The number of rotatable bonds is 5. The highest BCUT2D eigenvalue weighted by Crippen LogP contribution is 2.35. The first kappa shape index (κ1) is 14.2. The van der Waals surface area contributed by atoms with E-state index in [0.717, 1.165) is 28.4 Å². The van der Waals surface area contributed by atoms with Crippen molar-refractivity contribution in [1.29, 1.82) is 0 Å². The Balaban J connectivity index is 2.49. The monoisotopic (exact) mass is 273 g/mol. The molecule has 2 aromatic rings. The Hall–Kier alpha value is -2.20. The number of hydrogen-bond donors (Lipinski definition) is 1. The van der Waals surface area contributed by atoms with Crippen LogP contribution in [0.3, 0.4) is 0 Å². The van der Waals surface area contributed by atoms with Gasteiger partial charge in [-0.15, -0.1) is 0 Å². The molecule has 0 heterocycles. The molecule has 0 radical (unpaired) electrons. The predicted molar refractivity (Wildman–Crippen MR) is 78.6 cm³/mol. The molecule has 0 spiro atoms. The lowest BCUT2D eigenvalue weighted by atomic mass is 9.97. The van der Waals surface area contributed by atoms with E-state index >= 15 is 0 Å². The summed E-state index contributed by atoms with van der Waals surface area (Å²) in [4.78, 5) is 0. The summed E-state index contributed by atoms with van der Waals surface area (Å²) in [6.45, 7) is 0. The molecule has 0 aliphatic carbocycles. The second-order valence-corrected chi connectivity index (χ2v) is 4.33. The molecule has 0 saturated carbocycles. The maximum Gasteiger partial charge on any atom is 0.124 e. The maximum absolute atomic E-state index is 6.38. The number of hydrogen-bond acceptors (Lipinski definition) is 4. The summed E-state index contributed by atoms with van der Waals surface area (Å²) in [5, 5.41) is 0. The zero-order valence-corrected chi connectivity index (χ0v) is 11.9. The fourth-order valence-electron chi connectivity index (χ4n) is 2.17. The smallest absolute Gasteiger partial charge is 0.124 e. The first-order valence-corrected chi connectivity index (χ1v) is 6.31. The molecule has 4 heteroatoms. The summed E-state index contributed by atoms with van der Waals surface area (Å²) >= 11 is 0. The van der Waals surface area contributed by atoms with Crippen LogP contribution in [-0.2, 0) is 0 Å². The van der Waals surface area contributed by atoms with E-state index in [0.29, 0.717) is 0 Å². The fraction of sp³-hybridized carbons (Fsp3) is 0.250. The van der Waals surface area contributed by atoms with Crippen LogP contribution in [0.25, 0.3) is 0 Å². The van der Waals surface area contributed by atoms with Gasteiger partial charge in [0.25, 0.3) is 0 Å². The molecule has 0 aromatic heterocycles. The Kier molecular flexibility index (Phi) is 4.48. The van der Waals surface area contributed by atoms with Crippen molar-refractivity contribution in [3.63, 3.8) is 0 Å². The van der Waals surface area contributed by atoms with Crippen molar-refractivity contribution in [2.45, 2.75) is 6.04 Å². The molecule has 2 N–H and O–H groups in total. The molecule has 0 amide bonds. The van der Waals surface area contributed by atoms with E-state index < -0.39 is 0 Å². The largest absolute Gasteiger partial charge is 0.497 e. The number of ether oxygens (including phenoxy) is 3. The molecular weight excluding hydrogens is 254 g/mol. The molecular formula is C16H19NO3. The van der Waals surface area contributed by atoms with Crippen LogP contribution in [-0.4, -0.2) is 21.3 Å². The molecule has 0 saturated heterocycles. The molecule has 2 aromatic carbocycles. The molecule has 0 fully saturated rings. The molecule has 1 unspecified atom stereocenters. The number of para-hydroxylation sites is 1. The highest BCUT2D eigenvalue weighted by atomic mass is 16.5. The van der Waals surface area contributed by atoms with Gasteiger partial charge in [0.1, 0.15) is 17.2 Å². The number of nitrogens with two attached hydrogens (primary N) is 1. The van der Waals surface area contributed by atoms with E-state index in [2.05, 4.69) is 0 Å². The molecule has 106 valence electrons. The van der Waals surface area contributed by atoms with E-state index in [1.165, 1.54) is 0 Å². The Bertz CT molecular complexity index is 584. The van der Waals surface area contributed by atoms with E-state index in [9.17, 15) is 0 Å². The van der Waals surface area contributed by atoms with E-state index in [-0.39, 0.29) is 6.04 Å². The van der Waals surface area contributed by atoms with Crippen LogP contribution in [0.5, 0.6) is 17.2 Å². The summed E-state index contributed by atoms with van der Waals surface area (Å²) < 4.78 is 16.0. The topological polar surface area (TPSA) is 53.7 Å². The summed E-state index contributed by atoms with van der Waals surface area (Å²) in [6, 6.07) is 12.9. The van der Waals surface area contributed by atoms with Crippen molar-refractivity contribution in [2.24, 2.45) is 5.73 Å². The van der Waals surface area contributed by atoms with E-state index in [1.54, 1.807) is 21.3 Å². The van der Waals surface area contributed by atoms with Crippen molar-refractivity contribution in [2.75, 3.05) is 21.3 Å². The number of benzene rings is 2. The van der Waals surface area contributed by atoms with Crippen LogP contribution in [0.4, 0.5) is 0 Å². The van der Waals surface area contributed by atoms with Crippen molar-refractivity contribution in [3.05, 3.63) is 53.6 Å². The number of methoxy groups -OCH3 is 3. The second kappa shape index (κ2) is 6.30. The van der Waals surface area contributed by atoms with Gasteiger partial charge in [0.2, 0.25) is 0 Å². The molecule has 20 heavy (non-hydrogen) atoms. The summed E-state index contributed by atoms with van der Waals surface area (Å²) in [5.74, 6) is 2.22. The summed E-state index contributed by atoms with van der Waals surface area (Å²) in [5.41, 5.74) is 8.14. The van der Waals surface area contributed by atoms with Gasteiger partial charge in [-0.2, -0.15) is 0 Å². The lowest BCUT2D eigenvalue weighted by Crippen LogP contribution is -2.14. The van der Waals surface area contributed by atoms with Gasteiger partial charge in [-0.1, -0.05) is 18.2 Å². The molecule has 0 bridgehead atoms. The van der Waals surface area contributed by atoms with Crippen molar-refractivity contribution in [3.8, 4) is 17.2 Å². The molecule has 0 aliphatic heterocycles. The standard InChI is InChI=1S/C16H19NO3/c1-18-11-8-9-15(20-3)13(10-11)16(17)12-6-4-5-7-14(12)19-2/h4-10,16H,17H2,1-3H3. The van der Waals surface area contributed by atoms with Gasteiger partial charge < -0.3 is 19.9 Å². The van der Waals surface area contributed by atoms with Crippen LogP contribution in [0.15, 0.2) is 42.5 Å². The van der Waals surface area contributed by atoms with Crippen LogP contribution in [0.1, 0.15) is 17.2 Å². The molecule has 0 aliphatic rings. The average molecular weight is 273 g/mol. The quantitative estimate of drug-likeness (QED) is 0.910. The minimum Gasteiger partial charge on any atom is -0.497 e. The average Bonchev–Trinajstić information content (AvgIpc) is 2.53. The van der Waals surface area contributed by atoms with Gasteiger partial charge in [-0.3, -0.25) is 0 Å². The van der Waals surface area contributed by atoms with Crippen molar-refractivity contribution < 1.29 is 14.2 Å². The third-order valence-electron chi connectivity index (χ3n) is 3.25. The third-order valence-corrected chi connectivity index (χ3v) is 3.25. The highest BCUT2D eigenvalue weighted by molar-refractivity contribution is 5.49. The maximum atomic E-state index is 6.38. The van der Waals surface area contributed by atoms with Gasteiger partial charge in [0, 0.05) is 11.1 Å². The molecule has 1 atom stereocenters. The summed E-state index contributed by atoms with van der Waals surface area (Å²) in [6.07, 6.45) is 0. The van der Waals surface area contributed by atoms with E-state index in [1.807, 2.05) is 42.5 Å². The zero-order valence-electron chi connectivity index (χ0n) is 11.9. The molecule has 4 nitrogen and oxygen atoms in total. The third kappa shape index (κ3) is 2.70. The van der Waals surface area contributed by atoms with Crippen LogP contribution >= 0.6 is 0 Å². The SMILES string of the molecule is COc1ccc(OC)c(C(N)c2ccccc2OC)c1. The second-order valence-electron chi connectivity index (χ2n) is 4.33. The normalized spacial score (nSPS) is 11.8. The minimum absolute atomic E-state index is 0.351. The van der Waals surface area contributed by atoms with Crippen LogP contribution in [0.2, 0.25) is 0 Å². The first-order chi connectivity index (χ1) is 9.71. The van der Waals surface area contributed by atoms with Crippen LogP contribution < -0.4 is 19.9 Å². The minimum atomic E-state index is -0.351. The first-order valence-electron chi connectivity index (χ1n) is 6.31. The Morgan fingerprint density at radius 2 is 1.45 bits per heavy atom. The van der Waals surface area contributed by atoms with Gasteiger partial charge in [0.05, 0.1) is 27.4 Å². The van der Waals surface area contributed by atoms with Gasteiger partial charge in [0.15, 0.2) is 0 Å². The van der Waals surface area contributed by atoms with Gasteiger partial charge in [-0.25, -0.2) is 0 Å². The van der Waals surface area contributed by atoms with Crippen molar-refractivity contribution >= 4 is 0 Å². The Morgan fingerprint density at radius 1 is 0.800 bits per heavy atom. The van der Waals surface area contributed by atoms with Crippen LogP contribution in [0, 0.1) is 0 Å². The predicted octanol–water partition coefficient (Wildman–Crippen LogP) is 2.76. The molecule has 2 rings (SSSR count). The fourth-order valence-corrected chi connectivity index (χ4v) is 2.17. The zero-order chi connectivity index (χ0) is 14.5. The van der Waals surface area contributed by atoms with Gasteiger partial charge >= 0.3 is 0 Å². The lowest BCUT2D eigenvalue weighted by Gasteiger charge is -2.19. The van der Waals surface area contributed by atoms with E-state index in [4.69, 9.17) is 19.9 Å².